The number of aromatic nitrogens is 2. The van der Waals surface area contributed by atoms with Gasteiger partial charge in [0.05, 0.1) is 6.20 Å². The topological polar surface area (TPSA) is 53.1 Å². The van der Waals surface area contributed by atoms with E-state index in [2.05, 4.69) is 37.1 Å². The minimum absolute atomic E-state index is 0.127. The molecule has 1 aromatic heterocycles. The van der Waals surface area contributed by atoms with Gasteiger partial charge in [-0.2, -0.15) is 5.10 Å². The average molecular weight is 273 g/mol. The molecule has 0 fully saturated rings. The van der Waals surface area contributed by atoms with Gasteiger partial charge >= 0.3 is 0 Å². The van der Waals surface area contributed by atoms with Gasteiger partial charge in [-0.1, -0.05) is 18.2 Å². The molecule has 4 nitrogen and oxygen atoms in total. The largest absolute Gasteiger partial charge is 0.488 e. The molecule has 0 bridgehead atoms. The first-order chi connectivity index (χ1) is 9.60. The summed E-state index contributed by atoms with van der Waals surface area (Å²) in [6.07, 6.45) is 4.70. The Morgan fingerprint density at radius 1 is 1.40 bits per heavy atom. The van der Waals surface area contributed by atoms with E-state index in [1.54, 1.807) is 0 Å². The molecule has 0 spiro atoms. The number of nitrogens with two attached hydrogens (primary N) is 1. The molecule has 1 aromatic carbocycles. The van der Waals surface area contributed by atoms with Crippen LogP contribution >= 0.6 is 0 Å². The Morgan fingerprint density at radius 2 is 2.20 bits per heavy atom. The van der Waals surface area contributed by atoms with Gasteiger partial charge in [0.1, 0.15) is 12.4 Å². The highest BCUT2D eigenvalue weighted by Gasteiger charge is 2.09. The van der Waals surface area contributed by atoms with Crippen molar-refractivity contribution in [2.75, 3.05) is 0 Å². The molecule has 1 unspecified atom stereocenters. The van der Waals surface area contributed by atoms with E-state index in [-0.39, 0.29) is 6.04 Å². The van der Waals surface area contributed by atoms with Crippen molar-refractivity contribution in [3.05, 3.63) is 47.3 Å². The van der Waals surface area contributed by atoms with Crippen LogP contribution in [0.4, 0.5) is 0 Å². The van der Waals surface area contributed by atoms with E-state index in [4.69, 9.17) is 10.5 Å². The molecule has 0 aliphatic rings. The molecule has 2 aromatic rings. The standard InChI is InChI=1S/C16H23N3O/c1-4-19-10-14(9-18-19)11-20-16-12(2)6-5-7-15(16)8-13(3)17/h5-7,9-10,13H,4,8,11,17H2,1-3H3. The van der Waals surface area contributed by atoms with Gasteiger partial charge in [-0.05, 0) is 38.3 Å². The molecular formula is C16H23N3O. The quantitative estimate of drug-likeness (QED) is 0.880. The third kappa shape index (κ3) is 3.61. The zero-order valence-corrected chi connectivity index (χ0v) is 12.5. The molecule has 2 N–H and O–H groups in total. The van der Waals surface area contributed by atoms with Gasteiger partial charge in [0, 0.05) is 24.3 Å². The molecule has 1 atom stereocenters. The number of hydrogen-bond donors (Lipinski definition) is 1. The molecule has 20 heavy (non-hydrogen) atoms. The van der Waals surface area contributed by atoms with Crippen molar-refractivity contribution in [2.45, 2.75) is 46.4 Å². The number of aryl methyl sites for hydroxylation is 2. The molecule has 2 rings (SSSR count). The Bertz CT molecular complexity index is 561. The third-order valence-corrected chi connectivity index (χ3v) is 3.23. The van der Waals surface area contributed by atoms with Crippen LogP contribution in [0.3, 0.4) is 0 Å². The molecule has 0 saturated heterocycles. The molecule has 0 aliphatic carbocycles. The number of hydrogen-bond acceptors (Lipinski definition) is 3. The van der Waals surface area contributed by atoms with Crippen LogP contribution in [-0.2, 0) is 19.6 Å². The zero-order chi connectivity index (χ0) is 14.5. The van der Waals surface area contributed by atoms with E-state index in [0.717, 1.165) is 29.8 Å². The fraction of sp³-hybridized carbons (Fsp3) is 0.438. The Balaban J connectivity index is 2.11. The Labute approximate surface area is 120 Å². The molecule has 4 heteroatoms. The Morgan fingerprint density at radius 3 is 2.85 bits per heavy atom. The monoisotopic (exact) mass is 273 g/mol. The number of benzene rings is 1. The molecule has 108 valence electrons. The number of rotatable bonds is 6. The lowest BCUT2D eigenvalue weighted by Crippen LogP contribution is -2.18. The maximum absolute atomic E-state index is 6.00. The lowest BCUT2D eigenvalue weighted by atomic mass is 10.0. The van der Waals surface area contributed by atoms with Gasteiger partial charge in [-0.15, -0.1) is 0 Å². The second-order valence-corrected chi connectivity index (χ2v) is 5.24. The number of para-hydroxylation sites is 1. The minimum Gasteiger partial charge on any atom is -0.488 e. The van der Waals surface area contributed by atoms with Crippen molar-refractivity contribution < 1.29 is 4.74 Å². The first-order valence-electron chi connectivity index (χ1n) is 7.08. The predicted molar refractivity (Wildman–Crippen MR) is 80.8 cm³/mol. The smallest absolute Gasteiger partial charge is 0.125 e. The molecule has 0 aliphatic heterocycles. The van der Waals surface area contributed by atoms with Crippen LogP contribution < -0.4 is 10.5 Å². The maximum Gasteiger partial charge on any atom is 0.125 e. The number of ether oxygens (including phenoxy) is 1. The summed E-state index contributed by atoms with van der Waals surface area (Å²) in [6, 6.07) is 6.33. The fourth-order valence-corrected chi connectivity index (χ4v) is 2.24. The third-order valence-electron chi connectivity index (χ3n) is 3.23. The van der Waals surface area contributed by atoms with Gasteiger partial charge in [0.15, 0.2) is 0 Å². The minimum atomic E-state index is 0.127. The van der Waals surface area contributed by atoms with Crippen molar-refractivity contribution in [1.82, 2.24) is 9.78 Å². The first kappa shape index (κ1) is 14.6. The van der Waals surface area contributed by atoms with Gasteiger partial charge < -0.3 is 10.5 Å². The van der Waals surface area contributed by atoms with E-state index in [0.29, 0.717) is 6.61 Å². The van der Waals surface area contributed by atoms with Crippen LogP contribution in [0.2, 0.25) is 0 Å². The molecular weight excluding hydrogens is 250 g/mol. The number of nitrogens with zero attached hydrogens (tertiary/aromatic N) is 2. The van der Waals surface area contributed by atoms with Gasteiger partial charge in [0.25, 0.3) is 0 Å². The molecule has 1 heterocycles. The maximum atomic E-state index is 6.00. The van der Waals surface area contributed by atoms with Crippen LogP contribution in [0, 0.1) is 6.92 Å². The normalized spacial score (nSPS) is 12.4. The van der Waals surface area contributed by atoms with Crippen molar-refractivity contribution >= 4 is 0 Å². The summed E-state index contributed by atoms with van der Waals surface area (Å²) in [5.74, 6) is 0.953. The predicted octanol–water partition coefficient (Wildman–Crippen LogP) is 2.68. The average Bonchev–Trinajstić information content (AvgIpc) is 2.85. The Hall–Kier alpha value is -1.81. The highest BCUT2D eigenvalue weighted by atomic mass is 16.5. The molecule has 0 amide bonds. The summed E-state index contributed by atoms with van der Waals surface area (Å²) in [4.78, 5) is 0. The van der Waals surface area contributed by atoms with Crippen molar-refractivity contribution in [3.8, 4) is 5.75 Å². The van der Waals surface area contributed by atoms with Crippen LogP contribution in [0.1, 0.15) is 30.5 Å². The second kappa shape index (κ2) is 6.57. The SMILES string of the molecule is CCn1cc(COc2c(C)cccc2CC(C)N)cn1. The summed E-state index contributed by atoms with van der Waals surface area (Å²) in [5, 5.41) is 4.26. The van der Waals surface area contributed by atoms with Crippen LogP contribution in [0.15, 0.2) is 30.6 Å². The van der Waals surface area contributed by atoms with E-state index < -0.39 is 0 Å². The van der Waals surface area contributed by atoms with E-state index in [9.17, 15) is 0 Å². The second-order valence-electron chi connectivity index (χ2n) is 5.24. The van der Waals surface area contributed by atoms with Gasteiger partial charge in [0.2, 0.25) is 0 Å². The highest BCUT2D eigenvalue weighted by molar-refractivity contribution is 5.41. The van der Waals surface area contributed by atoms with E-state index in [1.807, 2.05) is 24.0 Å². The van der Waals surface area contributed by atoms with Crippen molar-refractivity contribution in [2.24, 2.45) is 5.73 Å². The first-order valence-corrected chi connectivity index (χ1v) is 7.08. The zero-order valence-electron chi connectivity index (χ0n) is 12.5. The molecule has 0 radical (unpaired) electrons. The van der Waals surface area contributed by atoms with Gasteiger partial charge in [-0.3, -0.25) is 4.68 Å². The van der Waals surface area contributed by atoms with Gasteiger partial charge in [-0.25, -0.2) is 0 Å². The summed E-state index contributed by atoms with van der Waals surface area (Å²) in [7, 11) is 0. The summed E-state index contributed by atoms with van der Waals surface area (Å²) < 4.78 is 7.91. The summed E-state index contributed by atoms with van der Waals surface area (Å²) in [5.41, 5.74) is 9.30. The summed E-state index contributed by atoms with van der Waals surface area (Å²) >= 11 is 0. The van der Waals surface area contributed by atoms with Crippen molar-refractivity contribution in [3.63, 3.8) is 0 Å². The van der Waals surface area contributed by atoms with E-state index in [1.165, 1.54) is 5.56 Å². The fourth-order valence-electron chi connectivity index (χ4n) is 2.24. The van der Waals surface area contributed by atoms with Crippen LogP contribution in [-0.4, -0.2) is 15.8 Å². The Kier molecular flexibility index (Phi) is 4.79. The van der Waals surface area contributed by atoms with Crippen LogP contribution in [0.5, 0.6) is 5.75 Å². The van der Waals surface area contributed by atoms with Crippen molar-refractivity contribution in [1.29, 1.82) is 0 Å². The van der Waals surface area contributed by atoms with Crippen LogP contribution in [0.25, 0.3) is 0 Å². The molecule has 0 saturated carbocycles. The highest BCUT2D eigenvalue weighted by Crippen LogP contribution is 2.25. The summed E-state index contributed by atoms with van der Waals surface area (Å²) in [6.45, 7) is 7.56. The lowest BCUT2D eigenvalue weighted by molar-refractivity contribution is 0.300. The van der Waals surface area contributed by atoms with E-state index >= 15 is 0 Å². The lowest BCUT2D eigenvalue weighted by Gasteiger charge is -2.15.